The Hall–Kier alpha value is -1.33. The third kappa shape index (κ3) is 3.22. The van der Waals surface area contributed by atoms with Gasteiger partial charge in [-0.3, -0.25) is 14.6 Å². The molecule has 0 aromatic carbocycles. The van der Waals surface area contributed by atoms with E-state index in [1.165, 1.54) is 6.42 Å². The number of rotatable bonds is 5. The molecule has 20 heavy (non-hydrogen) atoms. The van der Waals surface area contributed by atoms with Gasteiger partial charge in [0, 0.05) is 32.1 Å². The molecule has 3 rings (SSSR count). The topological polar surface area (TPSA) is 56.9 Å². The van der Waals surface area contributed by atoms with E-state index in [1.54, 1.807) is 0 Å². The number of carboxylic acids is 1. The van der Waals surface area contributed by atoms with Gasteiger partial charge in [-0.15, -0.1) is 0 Å². The Morgan fingerprint density at radius 1 is 1.30 bits per heavy atom. The second-order valence-corrected chi connectivity index (χ2v) is 6.07. The minimum absolute atomic E-state index is 0.151. The highest BCUT2D eigenvalue weighted by Gasteiger charge is 2.36. The molecule has 110 valence electrons. The van der Waals surface area contributed by atoms with Crippen molar-refractivity contribution in [2.75, 3.05) is 32.7 Å². The number of carboxylic acid groups (broad SMARTS) is 1. The number of piperazine rings is 1. The molecule has 5 nitrogen and oxygen atoms in total. The molecule has 0 bridgehead atoms. The molecule has 2 unspecified atom stereocenters. The molecule has 2 atom stereocenters. The van der Waals surface area contributed by atoms with Crippen molar-refractivity contribution in [1.29, 1.82) is 0 Å². The van der Waals surface area contributed by atoms with Gasteiger partial charge in [0.15, 0.2) is 0 Å². The smallest absolute Gasteiger partial charge is 0.317 e. The molecule has 0 radical (unpaired) electrons. The molecule has 1 aliphatic carbocycles. The predicted octanol–water partition coefficient (Wildman–Crippen LogP) is 1.61. The molecule has 1 aromatic heterocycles. The molecule has 5 heteroatoms. The summed E-state index contributed by atoms with van der Waals surface area (Å²) in [6.07, 6.45) is 1.25. The largest absolute Gasteiger partial charge is 0.480 e. The van der Waals surface area contributed by atoms with Gasteiger partial charge in [0.1, 0.15) is 11.5 Å². The first-order chi connectivity index (χ1) is 9.61. The van der Waals surface area contributed by atoms with Crippen LogP contribution in [0.5, 0.6) is 0 Å². The van der Waals surface area contributed by atoms with Gasteiger partial charge in [-0.2, -0.15) is 0 Å². The zero-order chi connectivity index (χ0) is 14.1. The Balaban J connectivity index is 1.47. The average molecular weight is 278 g/mol. The fourth-order valence-corrected chi connectivity index (χ4v) is 2.91. The lowest BCUT2D eigenvalue weighted by Gasteiger charge is -2.33. The van der Waals surface area contributed by atoms with Crippen molar-refractivity contribution in [2.45, 2.75) is 25.8 Å². The van der Waals surface area contributed by atoms with Crippen LogP contribution >= 0.6 is 0 Å². The van der Waals surface area contributed by atoms with Crippen molar-refractivity contribution in [3.8, 4) is 0 Å². The summed E-state index contributed by atoms with van der Waals surface area (Å²) in [5.74, 6) is 2.83. The second-order valence-electron chi connectivity index (χ2n) is 6.07. The molecule has 2 aliphatic rings. The maximum absolute atomic E-state index is 10.7. The first kappa shape index (κ1) is 13.6. The van der Waals surface area contributed by atoms with E-state index in [0.29, 0.717) is 5.92 Å². The summed E-state index contributed by atoms with van der Waals surface area (Å²) in [7, 11) is 0. The number of carbonyl (C=O) groups is 1. The molecule has 1 saturated carbocycles. The SMILES string of the molecule is CC1CC1c1ccc(CN2CCN(CC(=O)O)CC2)o1. The Bertz CT molecular complexity index is 477. The van der Waals surface area contributed by atoms with E-state index >= 15 is 0 Å². The molecule has 0 spiro atoms. The lowest BCUT2D eigenvalue weighted by Crippen LogP contribution is -2.47. The van der Waals surface area contributed by atoms with Crippen LogP contribution in [0.3, 0.4) is 0 Å². The molecule has 0 amide bonds. The van der Waals surface area contributed by atoms with Crippen molar-refractivity contribution < 1.29 is 14.3 Å². The maximum atomic E-state index is 10.7. The van der Waals surface area contributed by atoms with Crippen molar-refractivity contribution in [3.05, 3.63) is 23.7 Å². The van der Waals surface area contributed by atoms with Crippen LogP contribution in [0.15, 0.2) is 16.5 Å². The number of hydrogen-bond donors (Lipinski definition) is 1. The van der Waals surface area contributed by atoms with Crippen LogP contribution in [0.2, 0.25) is 0 Å². The lowest BCUT2D eigenvalue weighted by atomic mass is 10.2. The minimum atomic E-state index is -0.743. The first-order valence-corrected chi connectivity index (χ1v) is 7.37. The van der Waals surface area contributed by atoms with Crippen LogP contribution in [0.25, 0.3) is 0 Å². The molecule has 1 aromatic rings. The van der Waals surface area contributed by atoms with Crippen molar-refractivity contribution in [1.82, 2.24) is 9.80 Å². The third-order valence-electron chi connectivity index (χ3n) is 4.36. The predicted molar refractivity (Wildman–Crippen MR) is 74.6 cm³/mol. The molecular formula is C15H22N2O3. The number of hydrogen-bond acceptors (Lipinski definition) is 4. The van der Waals surface area contributed by atoms with Gasteiger partial charge in [-0.1, -0.05) is 6.92 Å². The maximum Gasteiger partial charge on any atom is 0.317 e. The lowest BCUT2D eigenvalue weighted by molar-refractivity contribution is -0.138. The summed E-state index contributed by atoms with van der Waals surface area (Å²) in [6.45, 7) is 6.69. The summed E-state index contributed by atoms with van der Waals surface area (Å²) in [6, 6.07) is 4.20. The van der Waals surface area contributed by atoms with Gasteiger partial charge < -0.3 is 9.52 Å². The van der Waals surface area contributed by atoms with Gasteiger partial charge in [-0.25, -0.2) is 0 Å². The zero-order valence-electron chi connectivity index (χ0n) is 11.9. The van der Waals surface area contributed by atoms with Crippen LogP contribution in [-0.4, -0.2) is 53.6 Å². The zero-order valence-corrected chi connectivity index (χ0v) is 11.9. The van der Waals surface area contributed by atoms with Gasteiger partial charge in [0.05, 0.1) is 13.1 Å². The number of aliphatic carboxylic acids is 1. The molecule has 1 N–H and O–H groups in total. The van der Waals surface area contributed by atoms with Gasteiger partial charge >= 0.3 is 5.97 Å². The summed E-state index contributed by atoms with van der Waals surface area (Å²) in [5, 5.41) is 8.78. The second kappa shape index (κ2) is 5.58. The summed E-state index contributed by atoms with van der Waals surface area (Å²) >= 11 is 0. The normalized spacial score (nSPS) is 27.6. The van der Waals surface area contributed by atoms with E-state index in [4.69, 9.17) is 9.52 Å². The highest BCUT2D eigenvalue weighted by Crippen LogP contribution is 2.47. The highest BCUT2D eigenvalue weighted by molar-refractivity contribution is 5.69. The quantitative estimate of drug-likeness (QED) is 0.886. The molecule has 2 fully saturated rings. The van der Waals surface area contributed by atoms with Crippen molar-refractivity contribution in [2.24, 2.45) is 5.92 Å². The van der Waals surface area contributed by atoms with E-state index in [1.807, 2.05) is 4.90 Å². The average Bonchev–Trinajstić information content (AvgIpc) is 2.96. The molecular weight excluding hydrogens is 256 g/mol. The van der Waals surface area contributed by atoms with E-state index in [9.17, 15) is 4.79 Å². The standard InChI is InChI=1S/C15H22N2O3/c1-11-8-13(11)14-3-2-12(20-14)9-16-4-6-17(7-5-16)10-15(18)19/h2-3,11,13H,4-10H2,1H3,(H,18,19). The van der Waals surface area contributed by atoms with Gasteiger partial charge in [0.25, 0.3) is 0 Å². The number of nitrogens with zero attached hydrogens (tertiary/aromatic N) is 2. The van der Waals surface area contributed by atoms with E-state index in [-0.39, 0.29) is 6.54 Å². The van der Waals surface area contributed by atoms with Crippen LogP contribution in [0, 0.1) is 5.92 Å². The van der Waals surface area contributed by atoms with Gasteiger partial charge in [0.2, 0.25) is 0 Å². The van der Waals surface area contributed by atoms with E-state index in [2.05, 4.69) is 24.0 Å². The highest BCUT2D eigenvalue weighted by atomic mass is 16.4. The Morgan fingerprint density at radius 3 is 2.55 bits per heavy atom. The Labute approximate surface area is 119 Å². The van der Waals surface area contributed by atoms with E-state index in [0.717, 1.165) is 50.2 Å². The van der Waals surface area contributed by atoms with Crippen LogP contribution in [0.1, 0.15) is 30.8 Å². The van der Waals surface area contributed by atoms with Crippen LogP contribution in [0.4, 0.5) is 0 Å². The van der Waals surface area contributed by atoms with Crippen molar-refractivity contribution >= 4 is 5.97 Å². The molecule has 1 saturated heterocycles. The first-order valence-electron chi connectivity index (χ1n) is 7.37. The minimum Gasteiger partial charge on any atom is -0.480 e. The summed E-state index contributed by atoms with van der Waals surface area (Å²) in [4.78, 5) is 15.0. The monoisotopic (exact) mass is 278 g/mol. The summed E-state index contributed by atoms with van der Waals surface area (Å²) < 4.78 is 5.92. The fourth-order valence-electron chi connectivity index (χ4n) is 2.91. The Kier molecular flexibility index (Phi) is 3.81. The Morgan fingerprint density at radius 2 is 1.95 bits per heavy atom. The van der Waals surface area contributed by atoms with Crippen LogP contribution in [-0.2, 0) is 11.3 Å². The molecule has 1 aliphatic heterocycles. The van der Waals surface area contributed by atoms with Gasteiger partial charge in [-0.05, 0) is 24.5 Å². The van der Waals surface area contributed by atoms with Crippen molar-refractivity contribution in [3.63, 3.8) is 0 Å². The molecule has 2 heterocycles. The fraction of sp³-hybridized carbons (Fsp3) is 0.667. The van der Waals surface area contributed by atoms with Crippen LogP contribution < -0.4 is 0 Å². The third-order valence-corrected chi connectivity index (χ3v) is 4.36. The summed E-state index contributed by atoms with van der Waals surface area (Å²) in [5.41, 5.74) is 0. The number of furan rings is 1. The van der Waals surface area contributed by atoms with E-state index < -0.39 is 5.97 Å².